The molecule has 1 aliphatic rings. The van der Waals surface area contributed by atoms with Crippen molar-refractivity contribution in [2.75, 3.05) is 13.2 Å². The Morgan fingerprint density at radius 2 is 2.29 bits per heavy atom. The van der Waals surface area contributed by atoms with Gasteiger partial charge in [0.05, 0.1) is 0 Å². The Balaban J connectivity index is 1.84. The summed E-state index contributed by atoms with van der Waals surface area (Å²) in [7, 11) is 0. The van der Waals surface area contributed by atoms with E-state index in [0.29, 0.717) is 0 Å². The lowest BCUT2D eigenvalue weighted by molar-refractivity contribution is 0.0619. The molecule has 2 nitrogen and oxygen atoms in total. The summed E-state index contributed by atoms with van der Waals surface area (Å²) in [5, 5.41) is 2.10. The Hall–Kier alpha value is -0.380. The summed E-state index contributed by atoms with van der Waals surface area (Å²) in [5.74, 6) is 0.765. The van der Waals surface area contributed by atoms with E-state index in [4.69, 9.17) is 10.5 Å². The first kappa shape index (κ1) is 10.1. The Morgan fingerprint density at radius 3 is 2.93 bits per heavy atom. The topological polar surface area (TPSA) is 35.2 Å². The van der Waals surface area contributed by atoms with Gasteiger partial charge in [0.15, 0.2) is 0 Å². The molecule has 78 valence electrons. The van der Waals surface area contributed by atoms with Crippen molar-refractivity contribution in [2.24, 2.45) is 11.7 Å². The molecule has 1 unspecified atom stereocenters. The molecule has 0 amide bonds. The maximum absolute atomic E-state index is 6.14. The van der Waals surface area contributed by atoms with Crippen LogP contribution in [0.4, 0.5) is 0 Å². The van der Waals surface area contributed by atoms with Crippen LogP contribution in [0.5, 0.6) is 0 Å². The molecule has 0 saturated carbocycles. The van der Waals surface area contributed by atoms with E-state index in [-0.39, 0.29) is 6.04 Å². The van der Waals surface area contributed by atoms with Crippen LogP contribution in [0, 0.1) is 5.92 Å². The van der Waals surface area contributed by atoms with Crippen molar-refractivity contribution in [1.82, 2.24) is 0 Å². The summed E-state index contributed by atoms with van der Waals surface area (Å²) in [6, 6.07) is 4.44. The summed E-state index contributed by atoms with van der Waals surface area (Å²) in [6.45, 7) is 1.84. The average Bonchev–Trinajstić information content (AvgIpc) is 2.72. The van der Waals surface area contributed by atoms with Crippen LogP contribution in [-0.2, 0) is 4.74 Å². The van der Waals surface area contributed by atoms with E-state index in [0.717, 1.165) is 25.6 Å². The van der Waals surface area contributed by atoms with Crippen LogP contribution < -0.4 is 5.73 Å². The largest absolute Gasteiger partial charge is 0.381 e. The molecule has 1 saturated heterocycles. The number of rotatable bonds is 3. The van der Waals surface area contributed by atoms with Gasteiger partial charge in [0.2, 0.25) is 0 Å². The fourth-order valence-electron chi connectivity index (χ4n) is 1.96. The lowest BCUT2D eigenvalue weighted by atomic mass is 9.92. The first-order valence-electron chi connectivity index (χ1n) is 5.23. The van der Waals surface area contributed by atoms with E-state index in [1.54, 1.807) is 11.3 Å². The highest BCUT2D eigenvalue weighted by Gasteiger charge is 2.18. The second kappa shape index (κ2) is 4.91. The van der Waals surface area contributed by atoms with E-state index < -0.39 is 0 Å². The van der Waals surface area contributed by atoms with Crippen molar-refractivity contribution in [3.63, 3.8) is 0 Å². The van der Waals surface area contributed by atoms with Crippen LogP contribution in [0.15, 0.2) is 17.5 Å². The zero-order valence-corrected chi connectivity index (χ0v) is 9.13. The molecular weight excluding hydrogens is 194 g/mol. The second-order valence-corrected chi connectivity index (χ2v) is 4.89. The molecular formula is C11H17NOS. The molecule has 0 bridgehead atoms. The molecule has 0 aliphatic carbocycles. The monoisotopic (exact) mass is 211 g/mol. The highest BCUT2D eigenvalue weighted by atomic mass is 32.1. The fourth-order valence-corrected chi connectivity index (χ4v) is 2.70. The summed E-state index contributed by atoms with van der Waals surface area (Å²) < 4.78 is 5.33. The van der Waals surface area contributed by atoms with Crippen LogP contribution >= 0.6 is 11.3 Å². The van der Waals surface area contributed by atoms with Gasteiger partial charge in [-0.3, -0.25) is 0 Å². The van der Waals surface area contributed by atoms with E-state index in [9.17, 15) is 0 Å². The van der Waals surface area contributed by atoms with Crippen molar-refractivity contribution in [1.29, 1.82) is 0 Å². The van der Waals surface area contributed by atoms with Crippen molar-refractivity contribution < 1.29 is 4.74 Å². The summed E-state index contributed by atoms with van der Waals surface area (Å²) in [4.78, 5) is 1.32. The maximum Gasteiger partial charge on any atom is 0.0468 e. The number of hydrogen-bond donors (Lipinski definition) is 1. The molecule has 0 spiro atoms. The van der Waals surface area contributed by atoms with Crippen molar-refractivity contribution in [3.05, 3.63) is 22.4 Å². The normalized spacial score (nSPS) is 20.9. The third-order valence-corrected chi connectivity index (χ3v) is 3.84. The zero-order valence-electron chi connectivity index (χ0n) is 8.32. The highest BCUT2D eigenvalue weighted by Crippen LogP contribution is 2.27. The summed E-state index contributed by atoms with van der Waals surface area (Å²) >= 11 is 1.76. The Bertz CT molecular complexity index is 254. The van der Waals surface area contributed by atoms with Crippen LogP contribution in [0.2, 0.25) is 0 Å². The molecule has 2 N–H and O–H groups in total. The van der Waals surface area contributed by atoms with Gasteiger partial charge < -0.3 is 10.5 Å². The Kier molecular flexibility index (Phi) is 3.56. The number of ether oxygens (including phenoxy) is 1. The van der Waals surface area contributed by atoms with Gasteiger partial charge in [-0.15, -0.1) is 11.3 Å². The first-order chi connectivity index (χ1) is 6.86. The molecule has 0 radical (unpaired) electrons. The van der Waals surface area contributed by atoms with Gasteiger partial charge in [0.1, 0.15) is 0 Å². The van der Waals surface area contributed by atoms with Crippen LogP contribution in [0.25, 0.3) is 0 Å². The molecule has 2 rings (SSSR count). The molecule has 1 aromatic heterocycles. The first-order valence-corrected chi connectivity index (χ1v) is 6.11. The standard InChI is InChI=1S/C11H17NOS/c12-10(11-2-1-7-14-11)8-9-3-5-13-6-4-9/h1-2,7,9-10H,3-6,8,12H2. The van der Waals surface area contributed by atoms with Crippen LogP contribution in [0.1, 0.15) is 30.2 Å². The summed E-state index contributed by atoms with van der Waals surface area (Å²) in [6.07, 6.45) is 3.47. The SMILES string of the molecule is NC(CC1CCOCC1)c1cccs1. The smallest absolute Gasteiger partial charge is 0.0468 e. The molecule has 1 aliphatic heterocycles. The maximum atomic E-state index is 6.14. The van der Waals surface area contributed by atoms with E-state index in [1.807, 2.05) is 0 Å². The van der Waals surface area contributed by atoms with Crippen molar-refractivity contribution in [2.45, 2.75) is 25.3 Å². The van der Waals surface area contributed by atoms with Gasteiger partial charge in [-0.05, 0) is 36.6 Å². The minimum Gasteiger partial charge on any atom is -0.381 e. The predicted molar refractivity (Wildman–Crippen MR) is 59.4 cm³/mol. The van der Waals surface area contributed by atoms with Gasteiger partial charge in [0.25, 0.3) is 0 Å². The number of thiophene rings is 1. The fraction of sp³-hybridized carbons (Fsp3) is 0.636. The molecule has 1 aromatic rings. The van der Waals surface area contributed by atoms with Gasteiger partial charge in [0, 0.05) is 24.1 Å². The molecule has 2 heterocycles. The molecule has 1 atom stereocenters. The van der Waals surface area contributed by atoms with Gasteiger partial charge >= 0.3 is 0 Å². The van der Waals surface area contributed by atoms with Crippen molar-refractivity contribution >= 4 is 11.3 Å². The van der Waals surface area contributed by atoms with Crippen LogP contribution in [0.3, 0.4) is 0 Å². The van der Waals surface area contributed by atoms with Gasteiger partial charge in [-0.25, -0.2) is 0 Å². The number of nitrogens with two attached hydrogens (primary N) is 1. The van der Waals surface area contributed by atoms with E-state index in [1.165, 1.54) is 17.7 Å². The van der Waals surface area contributed by atoms with Crippen molar-refractivity contribution in [3.8, 4) is 0 Å². The highest BCUT2D eigenvalue weighted by molar-refractivity contribution is 7.10. The van der Waals surface area contributed by atoms with E-state index >= 15 is 0 Å². The average molecular weight is 211 g/mol. The minimum absolute atomic E-state index is 0.234. The van der Waals surface area contributed by atoms with Crippen LogP contribution in [-0.4, -0.2) is 13.2 Å². The minimum atomic E-state index is 0.234. The summed E-state index contributed by atoms with van der Waals surface area (Å²) in [5.41, 5.74) is 6.14. The number of hydrogen-bond acceptors (Lipinski definition) is 3. The molecule has 0 aromatic carbocycles. The third kappa shape index (κ3) is 2.56. The molecule has 3 heteroatoms. The third-order valence-electron chi connectivity index (χ3n) is 2.84. The van der Waals surface area contributed by atoms with Gasteiger partial charge in [-0.2, -0.15) is 0 Å². The quantitative estimate of drug-likeness (QED) is 0.834. The Morgan fingerprint density at radius 1 is 1.50 bits per heavy atom. The molecule has 14 heavy (non-hydrogen) atoms. The lowest BCUT2D eigenvalue weighted by Crippen LogP contribution is -2.20. The second-order valence-electron chi connectivity index (χ2n) is 3.91. The molecule has 1 fully saturated rings. The predicted octanol–water partition coefficient (Wildman–Crippen LogP) is 2.56. The van der Waals surface area contributed by atoms with E-state index in [2.05, 4.69) is 17.5 Å². The lowest BCUT2D eigenvalue weighted by Gasteiger charge is -2.24. The zero-order chi connectivity index (χ0) is 9.80. The van der Waals surface area contributed by atoms with Gasteiger partial charge in [-0.1, -0.05) is 6.07 Å². The Labute approximate surface area is 89.1 Å².